The third kappa shape index (κ3) is 3.39. The maximum absolute atomic E-state index is 13.2. The number of hydrogen-bond donors (Lipinski definition) is 1. The summed E-state index contributed by atoms with van der Waals surface area (Å²) in [5.74, 6) is 1.25. The van der Waals surface area contributed by atoms with Crippen LogP contribution in [-0.2, 0) is 0 Å². The molecular weight excluding hydrogens is 263 g/mol. The molecule has 0 spiro atoms. The topological polar surface area (TPSA) is 29.3 Å². The summed E-state index contributed by atoms with van der Waals surface area (Å²) in [6.07, 6.45) is 4.82. The zero-order valence-corrected chi connectivity index (χ0v) is 13.6. The monoisotopic (exact) mass is 292 g/mol. The quantitative estimate of drug-likeness (QED) is 0.881. The Labute approximate surface area is 128 Å². The predicted octanol–water partition coefficient (Wildman–Crippen LogP) is 4.20. The lowest BCUT2D eigenvalue weighted by molar-refractivity contribution is 0.179. The van der Waals surface area contributed by atoms with E-state index in [1.165, 1.54) is 12.8 Å². The minimum atomic E-state index is -0.180. The highest BCUT2D eigenvalue weighted by molar-refractivity contribution is 5.49. The van der Waals surface area contributed by atoms with Crippen LogP contribution < -0.4 is 10.6 Å². The summed E-state index contributed by atoms with van der Waals surface area (Å²) >= 11 is 0. The van der Waals surface area contributed by atoms with Crippen molar-refractivity contribution < 1.29 is 4.39 Å². The van der Waals surface area contributed by atoms with Gasteiger partial charge in [-0.3, -0.25) is 0 Å². The van der Waals surface area contributed by atoms with Gasteiger partial charge < -0.3 is 10.6 Å². The molecule has 2 N–H and O–H groups in total. The molecule has 1 aliphatic carbocycles. The van der Waals surface area contributed by atoms with E-state index in [1.54, 1.807) is 12.1 Å². The second kappa shape index (κ2) is 6.78. The molecule has 0 amide bonds. The summed E-state index contributed by atoms with van der Waals surface area (Å²) in [6.45, 7) is 8.37. The van der Waals surface area contributed by atoms with E-state index < -0.39 is 0 Å². The molecule has 21 heavy (non-hydrogen) atoms. The molecule has 0 aliphatic heterocycles. The van der Waals surface area contributed by atoms with Crippen LogP contribution in [0, 0.1) is 17.7 Å². The van der Waals surface area contributed by atoms with Crippen LogP contribution in [0.25, 0.3) is 0 Å². The lowest BCUT2D eigenvalue weighted by Crippen LogP contribution is -2.57. The molecule has 1 aliphatic rings. The maximum atomic E-state index is 13.2. The Morgan fingerprint density at radius 1 is 1.33 bits per heavy atom. The first kappa shape index (κ1) is 16.3. The smallest absolute Gasteiger partial charge is 0.123 e. The number of halogens is 1. The molecule has 2 unspecified atom stereocenters. The molecule has 118 valence electrons. The molecule has 0 saturated heterocycles. The fourth-order valence-electron chi connectivity index (χ4n) is 3.91. The van der Waals surface area contributed by atoms with Crippen molar-refractivity contribution in [1.29, 1.82) is 0 Å². The molecule has 3 heteroatoms. The fourth-order valence-corrected chi connectivity index (χ4v) is 3.91. The van der Waals surface area contributed by atoms with Crippen LogP contribution in [0.5, 0.6) is 0 Å². The number of rotatable bonds is 5. The molecule has 2 atom stereocenters. The van der Waals surface area contributed by atoms with Crippen LogP contribution in [-0.4, -0.2) is 18.6 Å². The van der Waals surface area contributed by atoms with Gasteiger partial charge in [0.1, 0.15) is 5.82 Å². The van der Waals surface area contributed by atoms with Crippen molar-refractivity contribution in [2.24, 2.45) is 17.6 Å². The van der Waals surface area contributed by atoms with E-state index in [1.807, 2.05) is 12.1 Å². The van der Waals surface area contributed by atoms with Crippen molar-refractivity contribution in [3.63, 3.8) is 0 Å². The van der Waals surface area contributed by atoms with Crippen molar-refractivity contribution in [2.75, 3.05) is 18.0 Å². The van der Waals surface area contributed by atoms with Gasteiger partial charge >= 0.3 is 0 Å². The van der Waals surface area contributed by atoms with Crippen LogP contribution in [0.4, 0.5) is 10.1 Å². The average molecular weight is 292 g/mol. The summed E-state index contributed by atoms with van der Waals surface area (Å²) in [5, 5.41) is 0. The van der Waals surface area contributed by atoms with Crippen molar-refractivity contribution in [1.82, 2.24) is 0 Å². The summed E-state index contributed by atoms with van der Waals surface area (Å²) in [4.78, 5) is 2.40. The highest BCUT2D eigenvalue weighted by Gasteiger charge is 2.40. The summed E-state index contributed by atoms with van der Waals surface area (Å²) < 4.78 is 13.2. The van der Waals surface area contributed by atoms with Gasteiger partial charge in [-0.2, -0.15) is 0 Å². The molecule has 1 aromatic carbocycles. The highest BCUT2D eigenvalue weighted by Crippen LogP contribution is 2.41. The molecule has 2 rings (SSSR count). The molecule has 0 aromatic heterocycles. The molecule has 0 bridgehead atoms. The molecular formula is C18H29FN2. The van der Waals surface area contributed by atoms with Crippen molar-refractivity contribution in [2.45, 2.75) is 52.0 Å². The number of nitrogens with zero attached hydrogens (tertiary/aromatic N) is 1. The molecule has 1 aromatic rings. The molecule has 0 radical (unpaired) electrons. The van der Waals surface area contributed by atoms with Crippen LogP contribution in [0.2, 0.25) is 0 Å². The van der Waals surface area contributed by atoms with Gasteiger partial charge in [0.15, 0.2) is 0 Å². The van der Waals surface area contributed by atoms with E-state index in [9.17, 15) is 4.39 Å². The first-order valence-corrected chi connectivity index (χ1v) is 8.25. The van der Waals surface area contributed by atoms with E-state index in [-0.39, 0.29) is 11.4 Å². The maximum Gasteiger partial charge on any atom is 0.123 e. The van der Waals surface area contributed by atoms with E-state index in [2.05, 4.69) is 25.7 Å². The van der Waals surface area contributed by atoms with E-state index >= 15 is 0 Å². The molecule has 1 saturated carbocycles. The van der Waals surface area contributed by atoms with Gasteiger partial charge in [-0.15, -0.1) is 0 Å². The number of benzene rings is 1. The standard InChI is InChI=1S/C18H29FN2/c1-4-21(17-9-7-16(19)8-10-17)18(13-20)11-5-6-15(12-18)14(2)3/h7-10,14-15H,4-6,11-13,20H2,1-3H3. The van der Waals surface area contributed by atoms with Crippen LogP contribution in [0.15, 0.2) is 24.3 Å². The lowest BCUT2D eigenvalue weighted by atomic mass is 9.70. The van der Waals surface area contributed by atoms with Crippen LogP contribution in [0.1, 0.15) is 46.5 Å². The Bertz CT molecular complexity index is 443. The van der Waals surface area contributed by atoms with E-state index in [0.29, 0.717) is 12.5 Å². The summed E-state index contributed by atoms with van der Waals surface area (Å²) in [5.41, 5.74) is 7.35. The van der Waals surface area contributed by atoms with Gasteiger partial charge in [0.2, 0.25) is 0 Å². The van der Waals surface area contributed by atoms with Gasteiger partial charge in [-0.05, 0) is 55.9 Å². The Morgan fingerprint density at radius 3 is 2.52 bits per heavy atom. The van der Waals surface area contributed by atoms with Gasteiger partial charge in [0.25, 0.3) is 0 Å². The van der Waals surface area contributed by atoms with Crippen molar-refractivity contribution in [3.8, 4) is 0 Å². The van der Waals surface area contributed by atoms with Gasteiger partial charge in [-0.25, -0.2) is 4.39 Å². The first-order chi connectivity index (χ1) is 10.0. The van der Waals surface area contributed by atoms with Crippen molar-refractivity contribution in [3.05, 3.63) is 30.1 Å². The third-order valence-electron chi connectivity index (χ3n) is 5.21. The first-order valence-electron chi connectivity index (χ1n) is 8.25. The highest BCUT2D eigenvalue weighted by atomic mass is 19.1. The lowest BCUT2D eigenvalue weighted by Gasteiger charge is -2.50. The van der Waals surface area contributed by atoms with E-state index in [0.717, 1.165) is 31.0 Å². The minimum Gasteiger partial charge on any atom is -0.365 e. The fraction of sp³-hybridized carbons (Fsp3) is 0.667. The minimum absolute atomic E-state index is 0.0275. The molecule has 0 heterocycles. The summed E-state index contributed by atoms with van der Waals surface area (Å²) in [6, 6.07) is 6.86. The van der Waals surface area contributed by atoms with Crippen LogP contribution >= 0.6 is 0 Å². The van der Waals surface area contributed by atoms with Gasteiger partial charge in [0.05, 0.1) is 5.54 Å². The normalized spacial score (nSPS) is 26.1. The number of likely N-dealkylation sites (N-methyl/N-ethyl adjacent to an activating group) is 1. The second-order valence-corrected chi connectivity index (χ2v) is 6.75. The van der Waals surface area contributed by atoms with E-state index in [4.69, 9.17) is 5.73 Å². The molecule has 1 fully saturated rings. The second-order valence-electron chi connectivity index (χ2n) is 6.75. The Hall–Kier alpha value is -1.09. The average Bonchev–Trinajstić information content (AvgIpc) is 2.50. The zero-order chi connectivity index (χ0) is 15.5. The Morgan fingerprint density at radius 2 is 2.00 bits per heavy atom. The Balaban J connectivity index is 2.29. The predicted molar refractivity (Wildman–Crippen MR) is 88.0 cm³/mol. The zero-order valence-electron chi connectivity index (χ0n) is 13.6. The molecule has 2 nitrogen and oxygen atoms in total. The van der Waals surface area contributed by atoms with Crippen molar-refractivity contribution >= 4 is 5.69 Å². The number of nitrogens with two attached hydrogens (primary N) is 1. The van der Waals surface area contributed by atoms with Gasteiger partial charge in [0, 0.05) is 18.8 Å². The number of hydrogen-bond acceptors (Lipinski definition) is 2. The largest absolute Gasteiger partial charge is 0.365 e. The van der Waals surface area contributed by atoms with Gasteiger partial charge in [-0.1, -0.05) is 26.7 Å². The Kier molecular flexibility index (Phi) is 5.26. The summed E-state index contributed by atoms with van der Waals surface area (Å²) in [7, 11) is 0. The number of anilines is 1. The van der Waals surface area contributed by atoms with Crippen LogP contribution in [0.3, 0.4) is 0 Å². The third-order valence-corrected chi connectivity index (χ3v) is 5.21. The SMILES string of the molecule is CCN(c1ccc(F)cc1)C1(CN)CCCC(C(C)C)C1.